The third-order valence-corrected chi connectivity index (χ3v) is 4.87. The molecule has 0 atom stereocenters. The highest BCUT2D eigenvalue weighted by Crippen LogP contribution is 2.33. The highest BCUT2D eigenvalue weighted by molar-refractivity contribution is 9.10. The van der Waals surface area contributed by atoms with Crippen LogP contribution in [0, 0.1) is 0 Å². The van der Waals surface area contributed by atoms with Gasteiger partial charge in [0.2, 0.25) is 0 Å². The third-order valence-electron chi connectivity index (χ3n) is 2.87. The Balaban J connectivity index is 2.00. The zero-order valence-corrected chi connectivity index (χ0v) is 14.3. The van der Waals surface area contributed by atoms with Crippen molar-refractivity contribution in [3.05, 3.63) is 55.9 Å². The Kier molecular flexibility index (Phi) is 4.17. The van der Waals surface area contributed by atoms with Gasteiger partial charge in [0, 0.05) is 9.50 Å². The predicted molar refractivity (Wildman–Crippen MR) is 91.7 cm³/mol. The van der Waals surface area contributed by atoms with Crippen molar-refractivity contribution in [1.29, 1.82) is 0 Å². The average Bonchev–Trinajstić information content (AvgIpc) is 2.90. The number of hydrogen-bond donors (Lipinski definition) is 1. The lowest BCUT2D eigenvalue weighted by Gasteiger charge is -2.09. The number of halogens is 3. The molecule has 0 saturated carbocycles. The fraction of sp³-hybridized carbons (Fsp3) is 0. The minimum absolute atomic E-state index is 0.277. The lowest BCUT2D eigenvalue weighted by molar-refractivity contribution is 0.102. The van der Waals surface area contributed by atoms with Crippen molar-refractivity contribution in [1.82, 2.24) is 4.98 Å². The summed E-state index contributed by atoms with van der Waals surface area (Å²) < 4.78 is 1.58. The first-order valence-corrected chi connectivity index (χ1v) is 8.27. The number of benzene rings is 2. The number of aromatic nitrogens is 1. The maximum Gasteiger partial charge on any atom is 0.256 e. The minimum atomic E-state index is -0.277. The summed E-state index contributed by atoms with van der Waals surface area (Å²) in [4.78, 5) is 16.6. The van der Waals surface area contributed by atoms with Crippen LogP contribution in [0.1, 0.15) is 10.4 Å². The molecule has 0 aliphatic rings. The number of carbonyl (C=O) groups excluding carboxylic acids is 1. The molecule has 3 rings (SSSR count). The van der Waals surface area contributed by atoms with Crippen LogP contribution >= 0.6 is 50.5 Å². The Morgan fingerprint density at radius 1 is 1.24 bits per heavy atom. The normalized spacial score (nSPS) is 10.8. The fourth-order valence-corrected chi connectivity index (χ4v) is 3.63. The first-order valence-electron chi connectivity index (χ1n) is 5.84. The van der Waals surface area contributed by atoms with Crippen LogP contribution in [0.4, 0.5) is 5.69 Å². The molecule has 1 amide bonds. The molecule has 106 valence electrons. The maximum atomic E-state index is 12.4. The number of nitrogens with one attached hydrogen (secondary N) is 1. The van der Waals surface area contributed by atoms with Gasteiger partial charge in [0.25, 0.3) is 5.91 Å². The molecule has 0 fully saturated rings. The number of rotatable bonds is 2. The maximum absolute atomic E-state index is 12.4. The van der Waals surface area contributed by atoms with Crippen molar-refractivity contribution in [2.45, 2.75) is 0 Å². The second kappa shape index (κ2) is 5.93. The molecule has 0 aliphatic heterocycles. The van der Waals surface area contributed by atoms with E-state index in [9.17, 15) is 4.79 Å². The molecule has 0 aliphatic carbocycles. The lowest BCUT2D eigenvalue weighted by atomic mass is 10.2. The zero-order chi connectivity index (χ0) is 15.0. The molecule has 0 unspecified atom stereocenters. The molecule has 0 bridgehead atoms. The topological polar surface area (TPSA) is 42.0 Å². The Morgan fingerprint density at radius 2 is 2.05 bits per heavy atom. The van der Waals surface area contributed by atoms with Crippen molar-refractivity contribution in [2.75, 3.05) is 5.32 Å². The van der Waals surface area contributed by atoms with E-state index < -0.39 is 0 Å². The highest BCUT2D eigenvalue weighted by Gasteiger charge is 2.15. The van der Waals surface area contributed by atoms with Gasteiger partial charge in [-0.1, -0.05) is 23.2 Å². The first-order chi connectivity index (χ1) is 10.1. The van der Waals surface area contributed by atoms with E-state index in [0.29, 0.717) is 31.3 Å². The first kappa shape index (κ1) is 14.8. The molecular formula is C14H7BrCl2N2OS. The van der Waals surface area contributed by atoms with Crippen molar-refractivity contribution in [3.8, 4) is 0 Å². The highest BCUT2D eigenvalue weighted by atomic mass is 79.9. The Labute approximate surface area is 143 Å². The van der Waals surface area contributed by atoms with Gasteiger partial charge in [-0.3, -0.25) is 4.79 Å². The summed E-state index contributed by atoms with van der Waals surface area (Å²) >= 11 is 16.9. The summed E-state index contributed by atoms with van der Waals surface area (Å²) in [5.41, 5.74) is 3.39. The third kappa shape index (κ3) is 2.92. The molecule has 0 radical (unpaired) electrons. The molecule has 1 heterocycles. The number of anilines is 1. The van der Waals surface area contributed by atoms with Gasteiger partial charge in [-0.15, -0.1) is 11.3 Å². The SMILES string of the molecule is O=C(Nc1c(Cl)ccc2scnc12)c1ccc(Cl)cc1Br. The Morgan fingerprint density at radius 3 is 2.81 bits per heavy atom. The lowest BCUT2D eigenvalue weighted by Crippen LogP contribution is -2.13. The smallest absolute Gasteiger partial charge is 0.256 e. The number of fused-ring (bicyclic) bond motifs is 1. The average molecular weight is 402 g/mol. The molecule has 1 aromatic heterocycles. The molecule has 3 aromatic rings. The van der Waals surface area contributed by atoms with Crippen molar-refractivity contribution in [2.24, 2.45) is 0 Å². The van der Waals surface area contributed by atoms with Gasteiger partial charge in [-0.2, -0.15) is 0 Å². The van der Waals surface area contributed by atoms with Crippen LogP contribution in [-0.4, -0.2) is 10.9 Å². The number of carbonyl (C=O) groups is 1. The van der Waals surface area contributed by atoms with Crippen LogP contribution in [-0.2, 0) is 0 Å². The largest absolute Gasteiger partial charge is 0.319 e. The summed E-state index contributed by atoms with van der Waals surface area (Å²) in [6.07, 6.45) is 0. The van der Waals surface area contributed by atoms with Crippen LogP contribution in [0.2, 0.25) is 10.0 Å². The zero-order valence-electron chi connectivity index (χ0n) is 10.4. The van der Waals surface area contributed by atoms with E-state index in [2.05, 4.69) is 26.2 Å². The molecule has 1 N–H and O–H groups in total. The van der Waals surface area contributed by atoms with Crippen LogP contribution < -0.4 is 5.32 Å². The quantitative estimate of drug-likeness (QED) is 0.605. The second-order valence-electron chi connectivity index (χ2n) is 4.20. The van der Waals surface area contributed by atoms with E-state index in [4.69, 9.17) is 23.2 Å². The predicted octanol–water partition coefficient (Wildman–Crippen LogP) is 5.62. The van der Waals surface area contributed by atoms with Crippen molar-refractivity contribution >= 4 is 72.3 Å². The van der Waals surface area contributed by atoms with Gasteiger partial charge < -0.3 is 5.32 Å². The molecule has 3 nitrogen and oxygen atoms in total. The summed E-state index contributed by atoms with van der Waals surface area (Å²) in [5, 5.41) is 3.82. The van der Waals surface area contributed by atoms with Crippen molar-refractivity contribution in [3.63, 3.8) is 0 Å². The number of nitrogens with zero attached hydrogens (tertiary/aromatic N) is 1. The van der Waals surface area contributed by atoms with Gasteiger partial charge in [0.1, 0.15) is 5.52 Å². The minimum Gasteiger partial charge on any atom is -0.319 e. The van der Waals surface area contributed by atoms with Crippen LogP contribution in [0.15, 0.2) is 40.3 Å². The summed E-state index contributed by atoms with van der Waals surface area (Å²) in [5.74, 6) is -0.277. The molecule has 0 spiro atoms. The van der Waals surface area contributed by atoms with E-state index in [0.717, 1.165) is 4.70 Å². The second-order valence-corrected chi connectivity index (χ2v) is 6.78. The number of thiazole rings is 1. The van der Waals surface area contributed by atoms with Crippen LogP contribution in [0.25, 0.3) is 10.2 Å². The molecule has 21 heavy (non-hydrogen) atoms. The van der Waals surface area contributed by atoms with E-state index in [1.54, 1.807) is 29.8 Å². The Hall–Kier alpha value is -1.14. The summed E-state index contributed by atoms with van der Waals surface area (Å²) in [6, 6.07) is 8.60. The molecule has 0 saturated heterocycles. The van der Waals surface area contributed by atoms with Gasteiger partial charge in [-0.25, -0.2) is 4.98 Å². The Bertz CT molecular complexity index is 850. The van der Waals surface area contributed by atoms with Crippen LogP contribution in [0.3, 0.4) is 0 Å². The molecule has 7 heteroatoms. The van der Waals surface area contributed by atoms with Crippen molar-refractivity contribution < 1.29 is 4.79 Å². The van der Waals surface area contributed by atoms with Gasteiger partial charge >= 0.3 is 0 Å². The summed E-state index contributed by atoms with van der Waals surface area (Å²) in [6.45, 7) is 0. The fourth-order valence-electron chi connectivity index (χ4n) is 1.88. The number of hydrogen-bond acceptors (Lipinski definition) is 3. The molecular weight excluding hydrogens is 395 g/mol. The van der Waals surface area contributed by atoms with E-state index in [1.165, 1.54) is 11.3 Å². The van der Waals surface area contributed by atoms with E-state index >= 15 is 0 Å². The van der Waals surface area contributed by atoms with Crippen LogP contribution in [0.5, 0.6) is 0 Å². The van der Waals surface area contributed by atoms with E-state index in [1.807, 2.05) is 6.07 Å². The molecule has 2 aromatic carbocycles. The monoisotopic (exact) mass is 400 g/mol. The van der Waals surface area contributed by atoms with Gasteiger partial charge in [-0.05, 0) is 46.3 Å². The summed E-state index contributed by atoms with van der Waals surface area (Å²) in [7, 11) is 0. The van der Waals surface area contributed by atoms with Gasteiger partial charge in [0.05, 0.1) is 26.5 Å². The number of amides is 1. The standard InChI is InChI=1S/C14H7BrCl2N2OS/c15-9-5-7(16)1-2-8(9)14(20)19-12-10(17)3-4-11-13(12)18-6-21-11/h1-6H,(H,19,20). The van der Waals surface area contributed by atoms with Gasteiger partial charge in [0.15, 0.2) is 0 Å². The van der Waals surface area contributed by atoms with E-state index in [-0.39, 0.29) is 5.91 Å².